The van der Waals surface area contributed by atoms with Gasteiger partial charge in [-0.15, -0.1) is 11.3 Å². The Morgan fingerprint density at radius 3 is 2.64 bits per heavy atom. The van der Waals surface area contributed by atoms with Crippen LogP contribution in [-0.4, -0.2) is 41.0 Å². The fourth-order valence-corrected chi connectivity index (χ4v) is 6.01. The highest BCUT2D eigenvalue weighted by molar-refractivity contribution is 7.19. The molecule has 1 aliphatic carbocycles. The molecule has 0 saturated carbocycles. The first kappa shape index (κ1) is 18.6. The molecule has 2 aromatic heterocycles. The average molecular weight is 433 g/mol. The van der Waals surface area contributed by atoms with E-state index in [0.717, 1.165) is 54.0 Å². The summed E-state index contributed by atoms with van der Waals surface area (Å²) in [6.45, 7) is 4.80. The Morgan fingerprint density at radius 2 is 1.82 bits per heavy atom. The molecule has 1 aliphatic heterocycles. The van der Waals surface area contributed by atoms with E-state index in [2.05, 4.69) is 14.8 Å². The Bertz CT molecular complexity index is 1010. The highest BCUT2D eigenvalue weighted by Gasteiger charge is 2.25. The highest BCUT2D eigenvalue weighted by Crippen LogP contribution is 2.39. The van der Waals surface area contributed by atoms with Crippen LogP contribution in [0.1, 0.15) is 28.8 Å². The molecule has 28 heavy (non-hydrogen) atoms. The molecule has 0 spiro atoms. The van der Waals surface area contributed by atoms with Gasteiger partial charge in [-0.2, -0.15) is 0 Å². The molecule has 146 valence electrons. The van der Waals surface area contributed by atoms with Gasteiger partial charge in [0.25, 0.3) is 0 Å². The number of rotatable bonds is 3. The maximum Gasteiger partial charge on any atom is 0.141 e. The summed E-state index contributed by atoms with van der Waals surface area (Å²) in [5.41, 5.74) is 2.65. The smallest absolute Gasteiger partial charge is 0.141 e. The summed E-state index contributed by atoms with van der Waals surface area (Å²) in [5.74, 6) is 1.13. The number of hydrogen-bond donors (Lipinski definition) is 0. The second-order valence-corrected chi connectivity index (χ2v) is 9.51. The van der Waals surface area contributed by atoms with Gasteiger partial charge in [0.15, 0.2) is 0 Å². The lowest BCUT2D eigenvalue weighted by atomic mass is 9.97. The van der Waals surface area contributed by atoms with E-state index in [-0.39, 0.29) is 0 Å². The van der Waals surface area contributed by atoms with Crippen LogP contribution in [0.5, 0.6) is 0 Å². The van der Waals surface area contributed by atoms with E-state index < -0.39 is 0 Å². The van der Waals surface area contributed by atoms with Gasteiger partial charge in [-0.3, -0.25) is 4.90 Å². The minimum absolute atomic E-state index is 0.686. The summed E-state index contributed by atoms with van der Waals surface area (Å²) in [4.78, 5) is 16.9. The largest absolute Gasteiger partial charge is 0.353 e. The van der Waals surface area contributed by atoms with Crippen LogP contribution in [0.2, 0.25) is 10.0 Å². The van der Waals surface area contributed by atoms with E-state index in [1.54, 1.807) is 6.33 Å². The predicted octanol–water partition coefficient (Wildman–Crippen LogP) is 5.20. The van der Waals surface area contributed by atoms with Crippen LogP contribution in [-0.2, 0) is 19.4 Å². The molecule has 0 radical (unpaired) electrons. The van der Waals surface area contributed by atoms with Crippen molar-refractivity contribution in [1.29, 1.82) is 0 Å². The van der Waals surface area contributed by atoms with Crippen LogP contribution in [0.25, 0.3) is 10.2 Å². The van der Waals surface area contributed by atoms with Crippen molar-refractivity contribution in [3.63, 3.8) is 0 Å². The summed E-state index contributed by atoms with van der Waals surface area (Å²) in [6.07, 6.45) is 6.69. The molecule has 7 heteroatoms. The Balaban J connectivity index is 1.34. The van der Waals surface area contributed by atoms with Crippen molar-refractivity contribution in [1.82, 2.24) is 14.9 Å². The number of aromatic nitrogens is 2. The molecule has 4 nitrogen and oxygen atoms in total. The number of aryl methyl sites for hydroxylation is 2. The molecule has 0 unspecified atom stereocenters. The second-order valence-electron chi connectivity index (χ2n) is 7.59. The van der Waals surface area contributed by atoms with Crippen molar-refractivity contribution >= 4 is 50.6 Å². The maximum atomic E-state index is 6.36. The van der Waals surface area contributed by atoms with Crippen molar-refractivity contribution < 1.29 is 0 Å². The number of nitrogens with zero attached hydrogens (tertiary/aromatic N) is 4. The quantitative estimate of drug-likeness (QED) is 0.569. The fourth-order valence-electron chi connectivity index (χ4n) is 4.32. The second kappa shape index (κ2) is 7.79. The zero-order chi connectivity index (χ0) is 19.1. The number of halogens is 2. The van der Waals surface area contributed by atoms with Gasteiger partial charge in [-0.25, -0.2) is 9.97 Å². The first-order valence-electron chi connectivity index (χ1n) is 9.85. The molecule has 1 aromatic carbocycles. The van der Waals surface area contributed by atoms with Crippen molar-refractivity contribution in [2.24, 2.45) is 0 Å². The molecule has 3 aromatic rings. The zero-order valence-corrected chi connectivity index (χ0v) is 18.0. The van der Waals surface area contributed by atoms with Gasteiger partial charge >= 0.3 is 0 Å². The first-order chi connectivity index (χ1) is 13.7. The lowest BCUT2D eigenvalue weighted by Gasteiger charge is -2.36. The molecule has 1 saturated heterocycles. The van der Waals surface area contributed by atoms with E-state index >= 15 is 0 Å². The van der Waals surface area contributed by atoms with Crippen LogP contribution < -0.4 is 4.90 Å². The van der Waals surface area contributed by atoms with Crippen LogP contribution >= 0.6 is 34.5 Å². The monoisotopic (exact) mass is 432 g/mol. The standard InChI is InChI=1S/C21H22Cl2N4S/c22-15-6-5-14(17(23)11-15)12-26-7-9-27(10-8-26)20-19-16-3-1-2-4-18(16)28-21(19)25-13-24-20/h5-6,11,13H,1-4,7-10,12H2. The number of anilines is 1. The van der Waals surface area contributed by atoms with Crippen molar-refractivity contribution in [3.8, 4) is 0 Å². The van der Waals surface area contributed by atoms with Crippen molar-refractivity contribution in [3.05, 3.63) is 50.6 Å². The van der Waals surface area contributed by atoms with E-state index in [1.807, 2.05) is 29.5 Å². The van der Waals surface area contributed by atoms with Crippen LogP contribution in [0.3, 0.4) is 0 Å². The third-order valence-corrected chi connectivity index (χ3v) is 7.60. The molecular formula is C21H22Cl2N4S. The Labute approximate surface area is 179 Å². The van der Waals surface area contributed by atoms with Crippen LogP contribution in [0, 0.1) is 0 Å². The minimum Gasteiger partial charge on any atom is -0.353 e. The molecule has 2 aliphatic rings. The molecule has 0 atom stereocenters. The van der Waals surface area contributed by atoms with Gasteiger partial charge in [0.05, 0.1) is 5.39 Å². The lowest BCUT2D eigenvalue weighted by Crippen LogP contribution is -2.46. The molecular weight excluding hydrogens is 411 g/mol. The molecule has 3 heterocycles. The fraction of sp³-hybridized carbons (Fsp3) is 0.429. The highest BCUT2D eigenvalue weighted by atomic mass is 35.5. The summed E-state index contributed by atoms with van der Waals surface area (Å²) < 4.78 is 0. The van der Waals surface area contributed by atoms with Crippen molar-refractivity contribution in [2.45, 2.75) is 32.2 Å². The van der Waals surface area contributed by atoms with E-state index in [0.29, 0.717) is 5.02 Å². The third kappa shape index (κ3) is 3.50. The molecule has 5 rings (SSSR count). The number of benzene rings is 1. The third-order valence-electron chi connectivity index (χ3n) is 5.81. The number of fused-ring (bicyclic) bond motifs is 3. The normalized spacial score (nSPS) is 17.9. The number of piperazine rings is 1. The van der Waals surface area contributed by atoms with Gasteiger partial charge in [0, 0.05) is 47.6 Å². The Hall–Kier alpha value is -1.40. The van der Waals surface area contributed by atoms with Crippen LogP contribution in [0.15, 0.2) is 24.5 Å². The van der Waals surface area contributed by atoms with E-state index in [1.165, 1.54) is 41.5 Å². The minimum atomic E-state index is 0.686. The summed E-state index contributed by atoms with van der Waals surface area (Å²) >= 11 is 14.2. The Kier molecular flexibility index (Phi) is 5.18. The number of thiophene rings is 1. The van der Waals surface area contributed by atoms with E-state index in [4.69, 9.17) is 28.2 Å². The summed E-state index contributed by atoms with van der Waals surface area (Å²) in [7, 11) is 0. The molecule has 0 amide bonds. The average Bonchev–Trinajstić information content (AvgIpc) is 3.09. The summed E-state index contributed by atoms with van der Waals surface area (Å²) in [6, 6.07) is 5.77. The predicted molar refractivity (Wildman–Crippen MR) is 118 cm³/mol. The number of hydrogen-bond acceptors (Lipinski definition) is 5. The lowest BCUT2D eigenvalue weighted by molar-refractivity contribution is 0.249. The van der Waals surface area contributed by atoms with Crippen LogP contribution in [0.4, 0.5) is 5.82 Å². The maximum absolute atomic E-state index is 6.36. The van der Waals surface area contributed by atoms with Gasteiger partial charge in [0.1, 0.15) is 17.0 Å². The van der Waals surface area contributed by atoms with Gasteiger partial charge in [0.2, 0.25) is 0 Å². The topological polar surface area (TPSA) is 32.3 Å². The van der Waals surface area contributed by atoms with Crippen molar-refractivity contribution in [2.75, 3.05) is 31.1 Å². The van der Waals surface area contributed by atoms with E-state index in [9.17, 15) is 0 Å². The molecule has 1 fully saturated rings. The van der Waals surface area contributed by atoms with Gasteiger partial charge in [-0.05, 0) is 48.9 Å². The van der Waals surface area contributed by atoms with Gasteiger partial charge in [-0.1, -0.05) is 29.3 Å². The Morgan fingerprint density at radius 1 is 1.00 bits per heavy atom. The first-order valence-corrected chi connectivity index (χ1v) is 11.4. The van der Waals surface area contributed by atoms with Gasteiger partial charge < -0.3 is 4.90 Å². The molecule has 0 N–H and O–H groups in total. The molecule has 0 bridgehead atoms. The summed E-state index contributed by atoms with van der Waals surface area (Å²) in [5, 5.41) is 2.75. The SMILES string of the molecule is Clc1ccc(CN2CCN(c3ncnc4sc5c(c34)CCCC5)CC2)c(Cl)c1. The zero-order valence-electron chi connectivity index (χ0n) is 15.6.